The molecule has 0 unspecified atom stereocenters. The van der Waals surface area contributed by atoms with Crippen LogP contribution in [0.25, 0.3) is 0 Å². The van der Waals surface area contributed by atoms with Crippen LogP contribution in [0.2, 0.25) is 0 Å². The predicted octanol–water partition coefficient (Wildman–Crippen LogP) is 1.02. The Morgan fingerprint density at radius 3 is 2.43 bits per heavy atom. The largest absolute Gasteiger partial charge is 0.444 e. The van der Waals surface area contributed by atoms with Crippen molar-refractivity contribution in [1.29, 1.82) is 0 Å². The number of carbonyl (C=O) groups is 1. The Kier molecular flexibility index (Phi) is 7.35. The van der Waals surface area contributed by atoms with E-state index in [0.29, 0.717) is 25.6 Å². The van der Waals surface area contributed by atoms with Gasteiger partial charge in [-0.15, -0.1) is 0 Å². The van der Waals surface area contributed by atoms with Gasteiger partial charge in [-0.1, -0.05) is 12.2 Å². The van der Waals surface area contributed by atoms with E-state index >= 15 is 0 Å². The zero-order valence-corrected chi connectivity index (χ0v) is 14.9. The number of nitrogens with one attached hydrogen (secondary N) is 1. The molecular weight excluding hydrogens is 294 g/mol. The molecule has 1 rings (SSSR count). The van der Waals surface area contributed by atoms with Gasteiger partial charge in [0, 0.05) is 39.3 Å². The van der Waals surface area contributed by atoms with E-state index in [0.717, 1.165) is 31.8 Å². The molecule has 7 heteroatoms. The number of rotatable bonds is 5. The summed E-state index contributed by atoms with van der Waals surface area (Å²) in [5.74, 6) is 0.445. The maximum atomic E-state index is 12.0. The normalized spacial score (nSPS) is 17.0. The number of hydrogen-bond acceptors (Lipinski definition) is 4. The molecule has 0 aliphatic carbocycles. The fourth-order valence-corrected chi connectivity index (χ4v) is 2.10. The van der Waals surface area contributed by atoms with Crippen LogP contribution < -0.4 is 11.1 Å². The molecule has 0 radical (unpaired) electrons. The van der Waals surface area contributed by atoms with Gasteiger partial charge in [0.1, 0.15) is 5.60 Å². The third-order valence-electron chi connectivity index (χ3n) is 3.28. The molecule has 0 aromatic rings. The second-order valence-electron chi connectivity index (χ2n) is 6.89. The van der Waals surface area contributed by atoms with Gasteiger partial charge < -0.3 is 20.7 Å². The minimum Gasteiger partial charge on any atom is -0.444 e. The van der Waals surface area contributed by atoms with E-state index in [-0.39, 0.29) is 6.09 Å². The van der Waals surface area contributed by atoms with Crippen LogP contribution >= 0.6 is 0 Å². The average molecular weight is 325 g/mol. The van der Waals surface area contributed by atoms with Crippen molar-refractivity contribution in [2.45, 2.75) is 33.3 Å². The molecule has 1 aliphatic heterocycles. The minimum atomic E-state index is -0.446. The second kappa shape index (κ2) is 8.76. The summed E-state index contributed by atoms with van der Waals surface area (Å²) in [7, 11) is 0. The molecule has 0 atom stereocenters. The molecule has 0 saturated carbocycles. The molecule has 1 heterocycles. The van der Waals surface area contributed by atoms with E-state index in [2.05, 4.69) is 21.8 Å². The summed E-state index contributed by atoms with van der Waals surface area (Å²) >= 11 is 0. The van der Waals surface area contributed by atoms with Gasteiger partial charge in [0.05, 0.1) is 6.54 Å². The Labute approximate surface area is 139 Å². The van der Waals surface area contributed by atoms with Crippen LogP contribution in [-0.2, 0) is 4.74 Å². The summed E-state index contributed by atoms with van der Waals surface area (Å²) in [6.45, 7) is 16.5. The Hall–Kier alpha value is -1.76. The number of carbonyl (C=O) groups excluding carboxylic acids is 1. The van der Waals surface area contributed by atoms with Gasteiger partial charge in [-0.05, 0) is 27.7 Å². The minimum absolute atomic E-state index is 0.230. The monoisotopic (exact) mass is 325 g/mol. The van der Waals surface area contributed by atoms with E-state index in [4.69, 9.17) is 10.5 Å². The summed E-state index contributed by atoms with van der Waals surface area (Å²) in [5, 5.41) is 3.09. The number of nitrogens with zero attached hydrogens (tertiary/aromatic N) is 3. The first kappa shape index (κ1) is 19.3. The molecule has 0 aromatic heterocycles. The van der Waals surface area contributed by atoms with Gasteiger partial charge >= 0.3 is 6.09 Å². The fourth-order valence-electron chi connectivity index (χ4n) is 2.10. The number of hydrogen-bond donors (Lipinski definition) is 2. The number of piperazine rings is 1. The standard InChI is InChI=1S/C16H31N5O2/c1-13(2)12-19-14(17)18-6-7-20-8-10-21(11-9-20)15(22)23-16(3,4)5/h1,6-12H2,2-5H3,(H3,17,18,19). The highest BCUT2D eigenvalue weighted by molar-refractivity contribution is 5.77. The van der Waals surface area contributed by atoms with Gasteiger partial charge in [0.15, 0.2) is 5.96 Å². The zero-order chi connectivity index (χ0) is 17.5. The lowest BCUT2D eigenvalue weighted by Gasteiger charge is -2.35. The van der Waals surface area contributed by atoms with Crippen LogP contribution in [0.3, 0.4) is 0 Å². The molecule has 0 bridgehead atoms. The molecule has 1 saturated heterocycles. The Bertz CT molecular complexity index is 434. The first-order valence-corrected chi connectivity index (χ1v) is 8.06. The number of ether oxygens (including phenoxy) is 1. The summed E-state index contributed by atoms with van der Waals surface area (Å²) in [4.78, 5) is 20.2. The van der Waals surface area contributed by atoms with Crippen molar-refractivity contribution >= 4 is 12.1 Å². The lowest BCUT2D eigenvalue weighted by Crippen LogP contribution is -2.51. The van der Waals surface area contributed by atoms with Crippen molar-refractivity contribution < 1.29 is 9.53 Å². The van der Waals surface area contributed by atoms with E-state index in [1.165, 1.54) is 0 Å². The average Bonchev–Trinajstić information content (AvgIpc) is 2.44. The SMILES string of the molecule is C=C(C)CN=C(N)NCCN1CCN(C(=O)OC(C)(C)C)CC1. The Morgan fingerprint density at radius 2 is 1.91 bits per heavy atom. The summed E-state index contributed by atoms with van der Waals surface area (Å²) in [6.07, 6.45) is -0.230. The molecule has 3 N–H and O–H groups in total. The molecular formula is C16H31N5O2. The van der Waals surface area contributed by atoms with Crippen molar-refractivity contribution in [2.75, 3.05) is 45.8 Å². The lowest BCUT2D eigenvalue weighted by atomic mass is 10.2. The van der Waals surface area contributed by atoms with Crippen LogP contribution in [0.15, 0.2) is 17.1 Å². The number of guanidine groups is 1. The van der Waals surface area contributed by atoms with E-state index in [1.54, 1.807) is 4.90 Å². The predicted molar refractivity (Wildman–Crippen MR) is 93.6 cm³/mol. The van der Waals surface area contributed by atoms with Crippen LogP contribution in [0.4, 0.5) is 4.79 Å². The van der Waals surface area contributed by atoms with E-state index in [9.17, 15) is 4.79 Å². The third-order valence-corrected chi connectivity index (χ3v) is 3.28. The van der Waals surface area contributed by atoms with Crippen LogP contribution in [0.1, 0.15) is 27.7 Å². The molecule has 0 aromatic carbocycles. The molecule has 1 amide bonds. The summed E-state index contributed by atoms with van der Waals surface area (Å²) < 4.78 is 5.39. The van der Waals surface area contributed by atoms with Gasteiger partial charge in [-0.2, -0.15) is 0 Å². The lowest BCUT2D eigenvalue weighted by molar-refractivity contribution is 0.0147. The molecule has 1 fully saturated rings. The number of aliphatic imine (C=N–C) groups is 1. The van der Waals surface area contributed by atoms with Gasteiger partial charge in [0.2, 0.25) is 0 Å². The molecule has 7 nitrogen and oxygen atoms in total. The quantitative estimate of drug-likeness (QED) is 0.448. The molecule has 0 spiro atoms. The molecule has 132 valence electrons. The van der Waals surface area contributed by atoms with E-state index < -0.39 is 5.60 Å². The first-order chi connectivity index (χ1) is 10.7. The van der Waals surface area contributed by atoms with E-state index in [1.807, 2.05) is 27.7 Å². The highest BCUT2D eigenvalue weighted by Gasteiger charge is 2.25. The smallest absolute Gasteiger partial charge is 0.410 e. The molecule has 23 heavy (non-hydrogen) atoms. The maximum absolute atomic E-state index is 12.0. The van der Waals surface area contributed by atoms with Crippen molar-refractivity contribution in [3.63, 3.8) is 0 Å². The third kappa shape index (κ3) is 8.44. The van der Waals surface area contributed by atoms with Crippen LogP contribution in [-0.4, -0.2) is 73.3 Å². The first-order valence-electron chi connectivity index (χ1n) is 8.06. The Balaban J connectivity index is 2.23. The number of nitrogens with two attached hydrogens (primary N) is 1. The fraction of sp³-hybridized carbons (Fsp3) is 0.750. The zero-order valence-electron chi connectivity index (χ0n) is 14.9. The van der Waals surface area contributed by atoms with Crippen LogP contribution in [0, 0.1) is 0 Å². The highest BCUT2D eigenvalue weighted by Crippen LogP contribution is 2.11. The Morgan fingerprint density at radius 1 is 1.30 bits per heavy atom. The topological polar surface area (TPSA) is 83.2 Å². The van der Waals surface area contributed by atoms with Crippen LogP contribution in [0.5, 0.6) is 0 Å². The van der Waals surface area contributed by atoms with Gasteiger partial charge in [0.25, 0.3) is 0 Å². The number of amides is 1. The summed E-state index contributed by atoms with van der Waals surface area (Å²) in [5.41, 5.74) is 6.30. The van der Waals surface area contributed by atoms with Crippen molar-refractivity contribution in [2.24, 2.45) is 10.7 Å². The summed E-state index contributed by atoms with van der Waals surface area (Å²) in [6, 6.07) is 0. The van der Waals surface area contributed by atoms with Gasteiger partial charge in [-0.25, -0.2) is 9.79 Å². The second-order valence-corrected chi connectivity index (χ2v) is 6.89. The van der Waals surface area contributed by atoms with Crippen molar-refractivity contribution in [1.82, 2.24) is 15.1 Å². The van der Waals surface area contributed by atoms with Gasteiger partial charge in [-0.3, -0.25) is 4.90 Å². The van der Waals surface area contributed by atoms with Crippen molar-refractivity contribution in [3.8, 4) is 0 Å². The molecule has 1 aliphatic rings. The van der Waals surface area contributed by atoms with Crippen molar-refractivity contribution in [3.05, 3.63) is 12.2 Å². The maximum Gasteiger partial charge on any atom is 0.410 e. The highest BCUT2D eigenvalue weighted by atomic mass is 16.6.